The molecular formula is C20H23N3O8. The van der Waals surface area contributed by atoms with Gasteiger partial charge in [-0.3, -0.25) is 4.79 Å². The first kappa shape index (κ1) is 26.8. The van der Waals surface area contributed by atoms with Crippen LogP contribution in [-0.2, 0) is 16.0 Å². The van der Waals surface area contributed by atoms with Crippen molar-refractivity contribution in [3.05, 3.63) is 77.9 Å². The summed E-state index contributed by atoms with van der Waals surface area (Å²) in [6.07, 6.45) is 9.32. The van der Waals surface area contributed by atoms with E-state index in [1.54, 1.807) is 18.3 Å². The minimum atomic E-state index is -1.23. The van der Waals surface area contributed by atoms with Gasteiger partial charge in [0.2, 0.25) is 0 Å². The second-order valence-corrected chi connectivity index (χ2v) is 5.60. The van der Waals surface area contributed by atoms with Gasteiger partial charge in [0, 0.05) is 24.4 Å². The van der Waals surface area contributed by atoms with Crippen LogP contribution in [0.3, 0.4) is 0 Å². The Morgan fingerprint density at radius 1 is 1.03 bits per heavy atom. The molecule has 31 heavy (non-hydrogen) atoms. The molecule has 0 radical (unpaired) electrons. The average molecular weight is 433 g/mol. The van der Waals surface area contributed by atoms with E-state index in [0.717, 1.165) is 11.8 Å². The number of allylic oxidation sites excluding steroid dienone is 3. The molecule has 1 heterocycles. The van der Waals surface area contributed by atoms with E-state index in [4.69, 9.17) is 26.2 Å². The van der Waals surface area contributed by atoms with Crippen molar-refractivity contribution in [1.82, 2.24) is 9.97 Å². The molecule has 11 heteroatoms. The molecule has 1 aromatic carbocycles. The number of benzene rings is 1. The van der Waals surface area contributed by atoms with Crippen molar-refractivity contribution in [3.8, 4) is 0 Å². The summed E-state index contributed by atoms with van der Waals surface area (Å²) < 4.78 is 0. The SMILES string of the molecule is C/C=C/C=C/C(=O)O.NC(Cc1cnc[nH]1)C(=O)O.O=C(O)c1ccccc1C(=O)O. The molecule has 0 aliphatic rings. The third-order valence-electron chi connectivity index (χ3n) is 3.24. The highest BCUT2D eigenvalue weighted by atomic mass is 16.4. The number of hydrogen-bond acceptors (Lipinski definition) is 6. The molecule has 0 saturated carbocycles. The molecule has 0 bridgehead atoms. The molecule has 1 aromatic heterocycles. The fraction of sp³-hybridized carbons (Fsp3) is 0.150. The van der Waals surface area contributed by atoms with Gasteiger partial charge in [0.15, 0.2) is 0 Å². The molecule has 0 aliphatic heterocycles. The maximum Gasteiger partial charge on any atom is 0.336 e. The van der Waals surface area contributed by atoms with Gasteiger partial charge in [-0.05, 0) is 19.1 Å². The molecule has 0 fully saturated rings. The Hall–Kier alpha value is -4.25. The predicted molar refractivity (Wildman–Crippen MR) is 110 cm³/mol. The number of aromatic amines is 1. The van der Waals surface area contributed by atoms with Crippen molar-refractivity contribution in [2.24, 2.45) is 5.73 Å². The zero-order chi connectivity index (χ0) is 23.8. The quantitative estimate of drug-likeness (QED) is 0.275. The second kappa shape index (κ2) is 14.7. The number of nitrogens with one attached hydrogen (secondary N) is 1. The molecule has 0 saturated heterocycles. The highest BCUT2D eigenvalue weighted by molar-refractivity contribution is 6.01. The summed E-state index contributed by atoms with van der Waals surface area (Å²) in [5, 5.41) is 33.5. The number of imidazole rings is 1. The Bertz CT molecular complexity index is 887. The predicted octanol–water partition coefficient (Wildman–Crippen LogP) is 1.65. The molecule has 166 valence electrons. The molecule has 0 amide bonds. The van der Waals surface area contributed by atoms with Crippen LogP contribution in [-0.4, -0.2) is 60.3 Å². The van der Waals surface area contributed by atoms with Crippen molar-refractivity contribution in [3.63, 3.8) is 0 Å². The Labute approximate surface area is 177 Å². The average Bonchev–Trinajstić information content (AvgIpc) is 3.22. The van der Waals surface area contributed by atoms with Crippen molar-refractivity contribution in [2.45, 2.75) is 19.4 Å². The van der Waals surface area contributed by atoms with Gasteiger partial charge in [0.25, 0.3) is 0 Å². The largest absolute Gasteiger partial charge is 0.480 e. The molecule has 11 nitrogen and oxygen atoms in total. The van der Waals surface area contributed by atoms with Gasteiger partial charge in [-0.15, -0.1) is 0 Å². The van der Waals surface area contributed by atoms with Gasteiger partial charge >= 0.3 is 23.9 Å². The summed E-state index contributed by atoms with van der Waals surface area (Å²) in [5.41, 5.74) is 5.62. The maximum absolute atomic E-state index is 10.5. The van der Waals surface area contributed by atoms with E-state index < -0.39 is 29.9 Å². The highest BCUT2D eigenvalue weighted by Gasteiger charge is 2.13. The highest BCUT2D eigenvalue weighted by Crippen LogP contribution is 2.07. The minimum Gasteiger partial charge on any atom is -0.480 e. The lowest BCUT2D eigenvalue weighted by Crippen LogP contribution is -2.32. The number of carbonyl (C=O) groups is 4. The van der Waals surface area contributed by atoms with Crippen LogP contribution >= 0.6 is 0 Å². The first-order valence-corrected chi connectivity index (χ1v) is 8.63. The van der Waals surface area contributed by atoms with Gasteiger partial charge in [-0.25, -0.2) is 19.4 Å². The first-order chi connectivity index (χ1) is 14.6. The zero-order valence-electron chi connectivity index (χ0n) is 16.5. The van der Waals surface area contributed by atoms with Gasteiger partial charge in [-0.2, -0.15) is 0 Å². The molecule has 1 unspecified atom stereocenters. The fourth-order valence-electron chi connectivity index (χ4n) is 1.83. The normalized spacial score (nSPS) is 11.0. The summed E-state index contributed by atoms with van der Waals surface area (Å²) in [6.45, 7) is 1.83. The lowest BCUT2D eigenvalue weighted by Gasteiger charge is -2.02. The van der Waals surface area contributed by atoms with Gasteiger partial charge in [-0.1, -0.05) is 30.4 Å². The Morgan fingerprint density at radius 2 is 1.58 bits per heavy atom. The van der Waals surface area contributed by atoms with E-state index in [2.05, 4.69) is 9.97 Å². The molecule has 2 aromatic rings. The van der Waals surface area contributed by atoms with Crippen LogP contribution in [0.4, 0.5) is 0 Å². The molecule has 1 atom stereocenters. The second-order valence-electron chi connectivity index (χ2n) is 5.60. The van der Waals surface area contributed by atoms with Gasteiger partial charge < -0.3 is 31.1 Å². The number of nitrogens with two attached hydrogens (primary N) is 1. The number of H-pyrrole nitrogens is 1. The lowest BCUT2D eigenvalue weighted by atomic mass is 10.1. The Kier molecular flexibility index (Phi) is 12.7. The summed E-state index contributed by atoms with van der Waals surface area (Å²) in [7, 11) is 0. The number of rotatable bonds is 7. The molecule has 0 aliphatic carbocycles. The molecule has 7 N–H and O–H groups in total. The molecular weight excluding hydrogens is 410 g/mol. The van der Waals surface area contributed by atoms with Crippen LogP contribution in [0.5, 0.6) is 0 Å². The van der Waals surface area contributed by atoms with E-state index in [9.17, 15) is 19.2 Å². The smallest absolute Gasteiger partial charge is 0.336 e. The van der Waals surface area contributed by atoms with Crippen molar-refractivity contribution in [1.29, 1.82) is 0 Å². The maximum atomic E-state index is 10.5. The van der Waals surface area contributed by atoms with Crippen LogP contribution in [0.2, 0.25) is 0 Å². The van der Waals surface area contributed by atoms with E-state index in [1.807, 2.05) is 6.92 Å². The van der Waals surface area contributed by atoms with Crippen molar-refractivity contribution >= 4 is 23.9 Å². The molecule has 0 spiro atoms. The van der Waals surface area contributed by atoms with Crippen LogP contribution in [0.1, 0.15) is 33.3 Å². The third-order valence-corrected chi connectivity index (χ3v) is 3.24. The number of hydrogen-bond donors (Lipinski definition) is 6. The fourth-order valence-corrected chi connectivity index (χ4v) is 1.83. The number of aliphatic carboxylic acids is 2. The van der Waals surface area contributed by atoms with Crippen LogP contribution < -0.4 is 5.73 Å². The van der Waals surface area contributed by atoms with E-state index in [1.165, 1.54) is 36.7 Å². The minimum absolute atomic E-state index is 0.190. The number of carboxylic acid groups (broad SMARTS) is 4. The Balaban J connectivity index is 0.000000446. The van der Waals surface area contributed by atoms with Crippen LogP contribution in [0, 0.1) is 0 Å². The first-order valence-electron chi connectivity index (χ1n) is 8.63. The third kappa shape index (κ3) is 12.0. The van der Waals surface area contributed by atoms with Crippen molar-refractivity contribution in [2.75, 3.05) is 0 Å². The van der Waals surface area contributed by atoms with Crippen LogP contribution in [0.25, 0.3) is 0 Å². The monoisotopic (exact) mass is 433 g/mol. The summed E-state index contributed by atoms with van der Waals surface area (Å²) in [6, 6.07) is 4.62. The van der Waals surface area contributed by atoms with E-state index >= 15 is 0 Å². The van der Waals surface area contributed by atoms with Crippen molar-refractivity contribution < 1.29 is 39.6 Å². The van der Waals surface area contributed by atoms with Gasteiger partial charge in [0.05, 0.1) is 17.5 Å². The lowest BCUT2D eigenvalue weighted by molar-refractivity contribution is -0.138. The summed E-state index contributed by atoms with van der Waals surface area (Å²) >= 11 is 0. The zero-order valence-corrected chi connectivity index (χ0v) is 16.5. The Morgan fingerprint density at radius 3 is 1.94 bits per heavy atom. The number of aromatic nitrogens is 2. The van der Waals surface area contributed by atoms with E-state index in [-0.39, 0.29) is 17.5 Å². The van der Waals surface area contributed by atoms with Crippen LogP contribution in [0.15, 0.2) is 61.1 Å². The van der Waals surface area contributed by atoms with E-state index in [0.29, 0.717) is 0 Å². The molecule has 2 rings (SSSR count). The topological polar surface area (TPSA) is 204 Å². The summed E-state index contributed by atoms with van der Waals surface area (Å²) in [4.78, 5) is 47.4. The summed E-state index contributed by atoms with van der Waals surface area (Å²) in [5.74, 6) is -4.37. The van der Waals surface area contributed by atoms with Gasteiger partial charge in [0.1, 0.15) is 6.04 Å². The number of aromatic carboxylic acids is 2. The number of carboxylic acids is 4. The standard InChI is InChI=1S/C8H6O4.C6H9N3O2.C6H8O2/c9-7(10)5-3-1-2-4-6(5)8(11)12;7-5(6(10)11)1-4-2-8-3-9-4;1-2-3-4-5-6(7)8/h1-4H,(H,9,10)(H,11,12);2-3,5H,1,7H2,(H,8,9)(H,10,11);2-5H,1H3,(H,7,8)/b;;3-2+,5-4+. The number of nitrogens with zero attached hydrogens (tertiary/aromatic N) is 1.